The van der Waals surface area contributed by atoms with Crippen LogP contribution in [0.1, 0.15) is 16.5 Å². The number of benzene rings is 1. The highest BCUT2D eigenvalue weighted by molar-refractivity contribution is 7.90. The van der Waals surface area contributed by atoms with Gasteiger partial charge in [-0.05, 0) is 29.1 Å². The number of rotatable bonds is 4. The third-order valence-corrected chi connectivity index (χ3v) is 6.01. The number of nitrogens with one attached hydrogen (secondary N) is 1. The smallest absolute Gasteiger partial charge is 0.175 e. The van der Waals surface area contributed by atoms with Gasteiger partial charge in [0.2, 0.25) is 0 Å². The van der Waals surface area contributed by atoms with E-state index in [1.54, 1.807) is 23.5 Å². The molecule has 1 fully saturated rings. The molecule has 1 saturated heterocycles. The van der Waals surface area contributed by atoms with Gasteiger partial charge < -0.3 is 5.32 Å². The van der Waals surface area contributed by atoms with Crippen molar-refractivity contribution in [1.82, 2.24) is 10.2 Å². The average Bonchev–Trinajstić information content (AvgIpc) is 3.02. The van der Waals surface area contributed by atoms with Crippen molar-refractivity contribution in [2.75, 3.05) is 32.4 Å². The molecule has 0 unspecified atom stereocenters. The third-order valence-electron chi connectivity index (χ3n) is 3.95. The lowest BCUT2D eigenvalue weighted by atomic mass is 10.0. The van der Waals surface area contributed by atoms with Crippen molar-refractivity contribution in [2.45, 2.75) is 10.9 Å². The summed E-state index contributed by atoms with van der Waals surface area (Å²) in [5.41, 5.74) is 1.15. The molecule has 2 aromatic rings. The molecule has 22 heavy (non-hydrogen) atoms. The maximum atomic E-state index is 11.6. The normalized spacial score (nSPS) is 18.2. The molecule has 1 N–H and O–H groups in total. The van der Waals surface area contributed by atoms with Crippen molar-refractivity contribution in [1.29, 1.82) is 0 Å². The lowest BCUT2D eigenvalue weighted by molar-refractivity contribution is 0.200. The first-order valence-electron chi connectivity index (χ1n) is 7.34. The summed E-state index contributed by atoms with van der Waals surface area (Å²) in [7, 11) is -3.14. The topological polar surface area (TPSA) is 49.4 Å². The summed E-state index contributed by atoms with van der Waals surface area (Å²) in [5, 5.41) is 5.47. The molecule has 1 aromatic heterocycles. The third kappa shape index (κ3) is 3.41. The molecule has 0 spiro atoms. The molecule has 3 rings (SSSR count). The number of thiophene rings is 1. The highest BCUT2D eigenvalue weighted by Crippen LogP contribution is 2.32. The summed E-state index contributed by atoms with van der Waals surface area (Å²) in [5.74, 6) is 0. The number of hydrogen-bond donors (Lipinski definition) is 1. The summed E-state index contributed by atoms with van der Waals surface area (Å²) in [4.78, 5) is 4.13. The lowest BCUT2D eigenvalue weighted by Crippen LogP contribution is -2.45. The van der Waals surface area contributed by atoms with Gasteiger partial charge in [-0.15, -0.1) is 11.3 Å². The molecule has 1 aliphatic heterocycles. The second kappa shape index (κ2) is 6.50. The van der Waals surface area contributed by atoms with Gasteiger partial charge in [0.25, 0.3) is 0 Å². The molecule has 0 saturated carbocycles. The van der Waals surface area contributed by atoms with Gasteiger partial charge in [0.05, 0.1) is 10.9 Å². The van der Waals surface area contributed by atoms with Crippen LogP contribution in [0.5, 0.6) is 0 Å². The Morgan fingerprint density at radius 2 is 1.82 bits per heavy atom. The monoisotopic (exact) mass is 336 g/mol. The van der Waals surface area contributed by atoms with Gasteiger partial charge in [-0.3, -0.25) is 4.90 Å². The van der Waals surface area contributed by atoms with Crippen molar-refractivity contribution >= 4 is 21.2 Å². The number of nitrogens with zero attached hydrogens (tertiary/aromatic N) is 1. The number of hydrogen-bond acceptors (Lipinski definition) is 5. The van der Waals surface area contributed by atoms with Crippen LogP contribution in [0.25, 0.3) is 0 Å². The minimum absolute atomic E-state index is 0.204. The Bertz CT molecular complexity index is 703. The SMILES string of the molecule is CS(=O)(=O)c1ccc([C@@H](c2cccs2)N2CCNCC2)cc1. The van der Waals surface area contributed by atoms with Crippen LogP contribution < -0.4 is 5.32 Å². The second-order valence-electron chi connectivity index (χ2n) is 5.55. The van der Waals surface area contributed by atoms with E-state index in [0.717, 1.165) is 31.7 Å². The van der Waals surface area contributed by atoms with Crippen LogP contribution in [0.15, 0.2) is 46.7 Å². The van der Waals surface area contributed by atoms with E-state index in [0.29, 0.717) is 4.90 Å². The fourth-order valence-electron chi connectivity index (χ4n) is 2.84. The second-order valence-corrected chi connectivity index (χ2v) is 8.54. The van der Waals surface area contributed by atoms with E-state index < -0.39 is 9.84 Å². The van der Waals surface area contributed by atoms with Gasteiger partial charge in [-0.2, -0.15) is 0 Å². The molecule has 1 aliphatic rings. The Hall–Kier alpha value is -1.21. The van der Waals surface area contributed by atoms with Crippen LogP contribution >= 0.6 is 11.3 Å². The van der Waals surface area contributed by atoms with Gasteiger partial charge in [0.15, 0.2) is 9.84 Å². The summed E-state index contributed by atoms with van der Waals surface area (Å²) >= 11 is 1.75. The van der Waals surface area contributed by atoms with Gasteiger partial charge >= 0.3 is 0 Å². The van der Waals surface area contributed by atoms with Crippen LogP contribution in [-0.4, -0.2) is 45.8 Å². The predicted molar refractivity (Wildman–Crippen MR) is 90.2 cm³/mol. The van der Waals surface area contributed by atoms with E-state index >= 15 is 0 Å². The summed E-state index contributed by atoms with van der Waals surface area (Å²) < 4.78 is 23.3. The molecule has 1 aromatic carbocycles. The van der Waals surface area contributed by atoms with Crippen LogP contribution in [0.3, 0.4) is 0 Å². The van der Waals surface area contributed by atoms with Crippen LogP contribution in [0.4, 0.5) is 0 Å². The van der Waals surface area contributed by atoms with Crippen LogP contribution in [0, 0.1) is 0 Å². The molecule has 2 heterocycles. The standard InChI is InChI=1S/C16H20N2O2S2/c1-22(19,20)14-6-4-13(5-7-14)16(15-3-2-12-21-15)18-10-8-17-9-11-18/h2-7,12,16-17H,8-11H2,1H3/t16-/m0/s1. The Morgan fingerprint density at radius 3 is 2.36 bits per heavy atom. The van der Waals surface area contributed by atoms with Gasteiger partial charge in [-0.25, -0.2) is 8.42 Å². The van der Waals surface area contributed by atoms with E-state index in [1.807, 2.05) is 12.1 Å². The largest absolute Gasteiger partial charge is 0.314 e. The van der Waals surface area contributed by atoms with Crippen molar-refractivity contribution in [3.05, 3.63) is 52.2 Å². The first-order chi connectivity index (χ1) is 10.6. The van der Waals surface area contributed by atoms with Crippen LogP contribution in [0.2, 0.25) is 0 Å². The fraction of sp³-hybridized carbons (Fsp3) is 0.375. The molecule has 0 aliphatic carbocycles. The maximum absolute atomic E-state index is 11.6. The summed E-state index contributed by atoms with van der Waals surface area (Å²) in [6, 6.07) is 11.8. The minimum Gasteiger partial charge on any atom is -0.314 e. The van der Waals surface area contributed by atoms with E-state index in [9.17, 15) is 8.42 Å². The summed E-state index contributed by atoms with van der Waals surface area (Å²) in [6.07, 6.45) is 1.25. The van der Waals surface area contributed by atoms with E-state index in [2.05, 4.69) is 27.7 Å². The number of piperazine rings is 1. The molecular weight excluding hydrogens is 316 g/mol. The zero-order chi connectivity index (χ0) is 15.6. The Labute approximate surface area is 135 Å². The van der Waals surface area contributed by atoms with Crippen molar-refractivity contribution in [3.63, 3.8) is 0 Å². The van der Waals surface area contributed by atoms with Crippen molar-refractivity contribution in [2.24, 2.45) is 0 Å². The molecule has 0 amide bonds. The van der Waals surface area contributed by atoms with Crippen LogP contribution in [-0.2, 0) is 9.84 Å². The highest BCUT2D eigenvalue weighted by atomic mass is 32.2. The quantitative estimate of drug-likeness (QED) is 0.929. The minimum atomic E-state index is -3.14. The molecule has 6 heteroatoms. The lowest BCUT2D eigenvalue weighted by Gasteiger charge is -2.34. The zero-order valence-corrected chi connectivity index (χ0v) is 14.2. The predicted octanol–water partition coefficient (Wildman–Crippen LogP) is 2.15. The van der Waals surface area contributed by atoms with Gasteiger partial charge in [0, 0.05) is 37.3 Å². The van der Waals surface area contributed by atoms with Gasteiger partial charge in [0.1, 0.15) is 0 Å². The molecule has 0 radical (unpaired) electrons. The van der Waals surface area contributed by atoms with Gasteiger partial charge in [-0.1, -0.05) is 18.2 Å². The molecule has 1 atom stereocenters. The highest BCUT2D eigenvalue weighted by Gasteiger charge is 2.24. The number of sulfone groups is 1. The Kier molecular flexibility index (Phi) is 4.63. The van der Waals surface area contributed by atoms with E-state index in [4.69, 9.17) is 0 Å². The first kappa shape index (κ1) is 15.7. The molecule has 0 bridgehead atoms. The molecular formula is C16H20N2O2S2. The average molecular weight is 336 g/mol. The first-order valence-corrected chi connectivity index (χ1v) is 10.1. The van der Waals surface area contributed by atoms with E-state index in [1.165, 1.54) is 11.1 Å². The fourth-order valence-corrected chi connectivity index (χ4v) is 4.36. The zero-order valence-electron chi connectivity index (χ0n) is 12.5. The maximum Gasteiger partial charge on any atom is 0.175 e. The van der Waals surface area contributed by atoms with Crippen molar-refractivity contribution < 1.29 is 8.42 Å². The molecule has 4 nitrogen and oxygen atoms in total. The van der Waals surface area contributed by atoms with E-state index in [-0.39, 0.29) is 6.04 Å². The van der Waals surface area contributed by atoms with Crippen molar-refractivity contribution in [3.8, 4) is 0 Å². The Balaban J connectivity index is 1.95. The summed E-state index contributed by atoms with van der Waals surface area (Å²) in [6.45, 7) is 3.97. The molecule has 118 valence electrons. The Morgan fingerprint density at radius 1 is 1.14 bits per heavy atom.